The highest BCUT2D eigenvalue weighted by Gasteiger charge is 2.51. The van der Waals surface area contributed by atoms with Gasteiger partial charge >= 0.3 is 7.12 Å². The number of amidine groups is 1. The first kappa shape index (κ1) is 18.3. The number of hydrogen-bond acceptors (Lipinski definition) is 5. The van der Waals surface area contributed by atoms with E-state index in [1.54, 1.807) is 0 Å². The molecule has 0 aliphatic carbocycles. The van der Waals surface area contributed by atoms with Crippen molar-refractivity contribution in [2.24, 2.45) is 4.99 Å². The molecular weight excluding hydrogens is 365 g/mol. The van der Waals surface area contributed by atoms with Crippen molar-refractivity contribution < 1.29 is 14.4 Å². The summed E-state index contributed by atoms with van der Waals surface area (Å²) in [5.74, 6) is 0.746. The number of hydrogen-bond donors (Lipinski definition) is 3. The summed E-state index contributed by atoms with van der Waals surface area (Å²) in [5.41, 5.74) is 3.73. The van der Waals surface area contributed by atoms with Crippen molar-refractivity contribution in [2.75, 3.05) is 5.32 Å². The molecule has 3 N–H and O–H groups in total. The summed E-state index contributed by atoms with van der Waals surface area (Å²) in [5, 5.41) is 14.8. The molecule has 0 saturated carbocycles. The molecule has 29 heavy (non-hydrogen) atoms. The molecule has 3 heterocycles. The number of para-hydroxylation sites is 1. The summed E-state index contributed by atoms with van der Waals surface area (Å²) < 4.78 is 12.4. The Balaban J connectivity index is 1.55. The summed E-state index contributed by atoms with van der Waals surface area (Å²) in [6, 6.07) is 14.0. The number of fused-ring (bicyclic) bond motifs is 2. The van der Waals surface area contributed by atoms with Crippen LogP contribution in [-0.2, 0) is 15.9 Å². The summed E-state index contributed by atoms with van der Waals surface area (Å²) in [6.07, 6.45) is 0. The van der Waals surface area contributed by atoms with Gasteiger partial charge in [-0.15, -0.1) is 0 Å². The molecule has 2 aliphatic heterocycles. The molecule has 0 radical (unpaired) electrons. The monoisotopic (exact) mass is 389 g/mol. The Bertz CT molecular complexity index is 1130. The third-order valence-corrected chi connectivity index (χ3v) is 6.24. The number of anilines is 1. The SMILES string of the molecule is CC1(C)OB(c2ccc3[nH]c(O)c(C4=NCc5ccccc5N4)c3c2)OC1(C)C. The van der Waals surface area contributed by atoms with Crippen LogP contribution >= 0.6 is 0 Å². The van der Waals surface area contributed by atoms with E-state index in [2.05, 4.69) is 15.3 Å². The van der Waals surface area contributed by atoms with Crippen LogP contribution in [0.4, 0.5) is 5.69 Å². The number of rotatable bonds is 2. The molecule has 0 amide bonds. The third kappa shape index (κ3) is 2.84. The fraction of sp³-hybridized carbons (Fsp3) is 0.318. The lowest BCUT2D eigenvalue weighted by Gasteiger charge is -2.32. The van der Waals surface area contributed by atoms with E-state index in [-0.39, 0.29) is 5.88 Å². The third-order valence-electron chi connectivity index (χ3n) is 6.24. The number of nitrogens with zero attached hydrogens (tertiary/aromatic N) is 1. The van der Waals surface area contributed by atoms with Crippen LogP contribution < -0.4 is 10.8 Å². The molecule has 148 valence electrons. The molecule has 2 aromatic carbocycles. The highest BCUT2D eigenvalue weighted by Crippen LogP contribution is 2.37. The first-order valence-corrected chi connectivity index (χ1v) is 9.85. The molecule has 3 aromatic rings. The Labute approximate surface area is 170 Å². The lowest BCUT2D eigenvalue weighted by Crippen LogP contribution is -2.41. The fourth-order valence-corrected chi connectivity index (χ4v) is 3.81. The van der Waals surface area contributed by atoms with Gasteiger partial charge in [0.2, 0.25) is 5.88 Å². The predicted octanol–water partition coefficient (Wildman–Crippen LogP) is 3.55. The van der Waals surface area contributed by atoms with Crippen LogP contribution in [0.15, 0.2) is 47.5 Å². The van der Waals surface area contributed by atoms with Gasteiger partial charge in [0.1, 0.15) is 5.84 Å². The summed E-state index contributed by atoms with van der Waals surface area (Å²) in [7, 11) is -0.462. The van der Waals surface area contributed by atoms with Gasteiger partial charge in [-0.1, -0.05) is 30.3 Å². The molecule has 7 heteroatoms. The van der Waals surface area contributed by atoms with E-state index in [4.69, 9.17) is 9.31 Å². The van der Waals surface area contributed by atoms with E-state index in [0.29, 0.717) is 17.9 Å². The first-order valence-electron chi connectivity index (χ1n) is 9.85. The van der Waals surface area contributed by atoms with E-state index in [1.807, 2.05) is 70.2 Å². The Morgan fingerprint density at radius 1 is 1.03 bits per heavy atom. The van der Waals surface area contributed by atoms with Crippen molar-refractivity contribution in [1.29, 1.82) is 0 Å². The fourth-order valence-electron chi connectivity index (χ4n) is 3.81. The van der Waals surface area contributed by atoms with Crippen molar-refractivity contribution in [3.8, 4) is 5.88 Å². The largest absolute Gasteiger partial charge is 0.494 e. The minimum absolute atomic E-state index is 0.0942. The van der Waals surface area contributed by atoms with E-state index >= 15 is 0 Å². The van der Waals surface area contributed by atoms with Crippen molar-refractivity contribution in [3.63, 3.8) is 0 Å². The van der Waals surface area contributed by atoms with Crippen LogP contribution in [0.5, 0.6) is 5.88 Å². The summed E-state index contributed by atoms with van der Waals surface area (Å²) in [4.78, 5) is 7.71. The Hall–Kier alpha value is -2.77. The zero-order valence-corrected chi connectivity index (χ0v) is 17.0. The maximum absolute atomic E-state index is 10.6. The highest BCUT2D eigenvalue weighted by molar-refractivity contribution is 6.62. The normalized spacial score (nSPS) is 19.7. The zero-order valence-electron chi connectivity index (χ0n) is 17.0. The van der Waals surface area contributed by atoms with E-state index in [9.17, 15) is 5.11 Å². The van der Waals surface area contributed by atoms with Crippen LogP contribution in [-0.4, -0.2) is 34.2 Å². The molecule has 1 saturated heterocycles. The molecule has 0 spiro atoms. The lowest BCUT2D eigenvalue weighted by atomic mass is 9.78. The van der Waals surface area contributed by atoms with Crippen molar-refractivity contribution in [2.45, 2.75) is 45.4 Å². The molecule has 0 unspecified atom stereocenters. The second-order valence-corrected chi connectivity index (χ2v) is 8.69. The van der Waals surface area contributed by atoms with Gasteiger partial charge in [-0.2, -0.15) is 0 Å². The molecule has 1 fully saturated rings. The van der Waals surface area contributed by atoms with E-state index in [0.717, 1.165) is 27.6 Å². The Morgan fingerprint density at radius 2 is 1.76 bits per heavy atom. The minimum Gasteiger partial charge on any atom is -0.494 e. The molecular formula is C22H24BN3O3. The zero-order chi connectivity index (χ0) is 20.4. The predicted molar refractivity (Wildman–Crippen MR) is 116 cm³/mol. The first-order chi connectivity index (χ1) is 13.7. The summed E-state index contributed by atoms with van der Waals surface area (Å²) >= 11 is 0. The summed E-state index contributed by atoms with van der Waals surface area (Å²) in [6.45, 7) is 8.73. The average molecular weight is 389 g/mol. The van der Waals surface area contributed by atoms with Crippen molar-refractivity contribution in [3.05, 3.63) is 53.6 Å². The van der Waals surface area contributed by atoms with Crippen molar-refractivity contribution >= 4 is 35.0 Å². The van der Waals surface area contributed by atoms with Gasteiger partial charge in [-0.05, 0) is 50.9 Å². The number of benzene rings is 2. The van der Waals surface area contributed by atoms with Gasteiger partial charge in [-0.25, -0.2) is 0 Å². The average Bonchev–Trinajstić information content (AvgIpc) is 3.12. The second-order valence-electron chi connectivity index (χ2n) is 8.69. The van der Waals surface area contributed by atoms with Crippen molar-refractivity contribution in [1.82, 2.24) is 4.98 Å². The molecule has 2 aliphatic rings. The standard InChI is InChI=1S/C22H24BN3O3/c1-21(2)22(3,4)29-23(28-21)14-9-10-17-15(11-14)18(20(27)26-17)19-24-12-13-7-5-6-8-16(13)25-19/h5-11,26-27H,12H2,1-4H3,(H,24,25). The topological polar surface area (TPSA) is 78.9 Å². The van der Waals surface area contributed by atoms with Gasteiger partial charge < -0.3 is 24.7 Å². The van der Waals surface area contributed by atoms with Crippen LogP contribution in [0.3, 0.4) is 0 Å². The molecule has 0 bridgehead atoms. The maximum atomic E-state index is 10.6. The molecule has 5 rings (SSSR count). The quantitative estimate of drug-likeness (QED) is 0.586. The Morgan fingerprint density at radius 3 is 2.52 bits per heavy atom. The number of H-pyrrole nitrogens is 1. The van der Waals surface area contributed by atoms with E-state index in [1.165, 1.54) is 0 Å². The second kappa shape index (κ2) is 6.11. The maximum Gasteiger partial charge on any atom is 0.494 e. The molecule has 6 nitrogen and oxygen atoms in total. The van der Waals surface area contributed by atoms with Gasteiger partial charge in [0.15, 0.2) is 0 Å². The van der Waals surface area contributed by atoms with Crippen LogP contribution in [0, 0.1) is 0 Å². The van der Waals surface area contributed by atoms with Crippen LogP contribution in [0.1, 0.15) is 38.8 Å². The van der Waals surface area contributed by atoms with Gasteiger partial charge in [-0.3, -0.25) is 4.99 Å². The number of aromatic nitrogens is 1. The highest BCUT2D eigenvalue weighted by atomic mass is 16.7. The number of aromatic hydroxyl groups is 1. The number of aromatic amines is 1. The smallest absolute Gasteiger partial charge is 0.494 e. The Kier molecular flexibility index (Phi) is 3.85. The minimum atomic E-state index is -0.462. The van der Waals surface area contributed by atoms with Crippen LogP contribution in [0.2, 0.25) is 0 Å². The van der Waals surface area contributed by atoms with Gasteiger partial charge in [0, 0.05) is 16.6 Å². The molecule has 1 aromatic heterocycles. The van der Waals surface area contributed by atoms with Gasteiger partial charge in [0.05, 0.1) is 23.3 Å². The lowest BCUT2D eigenvalue weighted by molar-refractivity contribution is 0.00578. The number of nitrogens with one attached hydrogen (secondary N) is 2. The number of aliphatic imine (C=N–C) groups is 1. The van der Waals surface area contributed by atoms with Gasteiger partial charge in [0.25, 0.3) is 0 Å². The van der Waals surface area contributed by atoms with E-state index < -0.39 is 18.3 Å². The van der Waals surface area contributed by atoms with Crippen LogP contribution in [0.25, 0.3) is 10.9 Å². The molecule has 0 atom stereocenters.